The fraction of sp³-hybridized carbons (Fsp3) is 0.308. The van der Waals surface area contributed by atoms with Crippen LogP contribution >= 0.6 is 11.6 Å². The van der Waals surface area contributed by atoms with E-state index in [1.807, 2.05) is 31.2 Å². The number of benzene rings is 2. The lowest BCUT2D eigenvalue weighted by atomic mass is 9.96. The van der Waals surface area contributed by atoms with Crippen molar-refractivity contribution in [3.63, 3.8) is 0 Å². The van der Waals surface area contributed by atoms with Crippen LogP contribution in [-0.2, 0) is 11.5 Å². The fourth-order valence-corrected chi connectivity index (χ4v) is 4.26. The van der Waals surface area contributed by atoms with Crippen LogP contribution in [-0.4, -0.2) is 42.0 Å². The summed E-state index contributed by atoms with van der Waals surface area (Å²) in [4.78, 5) is 9.35. The van der Waals surface area contributed by atoms with E-state index in [0.717, 1.165) is 43.5 Å². The van der Waals surface area contributed by atoms with Crippen LogP contribution in [0.5, 0.6) is 0 Å². The van der Waals surface area contributed by atoms with Gasteiger partial charge in [-0.15, -0.1) is 0 Å². The summed E-state index contributed by atoms with van der Waals surface area (Å²) < 4.78 is 5.90. The predicted molar refractivity (Wildman–Crippen MR) is 130 cm³/mol. The standard InChI is InChI=1S/C26H29ClN4O2/c1-20(29-33-28)7-12-24-13-14-25(32-24)19-30-15-17-31(18-16-30)26(21-5-3-2-4-6-21)22-8-10-23(27)11-9-22/h2-6,8-11,13-14,20,26,29H,15-19,28H2,1H3/t20?,26-/m1/s1. The van der Waals surface area contributed by atoms with Gasteiger partial charge in [0, 0.05) is 31.2 Å². The zero-order valence-corrected chi connectivity index (χ0v) is 19.5. The molecule has 33 heavy (non-hydrogen) atoms. The monoisotopic (exact) mass is 464 g/mol. The van der Waals surface area contributed by atoms with Crippen LogP contribution in [0, 0.1) is 11.8 Å². The van der Waals surface area contributed by atoms with E-state index in [1.165, 1.54) is 11.1 Å². The van der Waals surface area contributed by atoms with Crippen molar-refractivity contribution in [1.82, 2.24) is 15.3 Å². The molecule has 4 rings (SSSR count). The highest BCUT2D eigenvalue weighted by Crippen LogP contribution is 2.30. The zero-order valence-electron chi connectivity index (χ0n) is 18.7. The maximum Gasteiger partial charge on any atom is 0.177 e. The van der Waals surface area contributed by atoms with E-state index in [4.69, 9.17) is 21.9 Å². The van der Waals surface area contributed by atoms with Crippen LogP contribution in [0.25, 0.3) is 0 Å². The number of furan rings is 1. The number of piperazine rings is 1. The smallest absolute Gasteiger partial charge is 0.177 e. The van der Waals surface area contributed by atoms with E-state index in [9.17, 15) is 0 Å². The van der Waals surface area contributed by atoms with Crippen LogP contribution in [0.2, 0.25) is 5.02 Å². The van der Waals surface area contributed by atoms with E-state index in [0.29, 0.717) is 5.76 Å². The lowest BCUT2D eigenvalue weighted by Gasteiger charge is -2.39. The Morgan fingerprint density at radius 2 is 1.70 bits per heavy atom. The minimum absolute atomic E-state index is 0.185. The maximum atomic E-state index is 6.14. The SMILES string of the molecule is CC(C#Cc1ccc(CN2CCN([C@H](c3ccccc3)c3ccc(Cl)cc3)CC2)o1)NON. The van der Waals surface area contributed by atoms with Crippen LogP contribution in [0.15, 0.2) is 71.1 Å². The molecule has 1 aliphatic rings. The van der Waals surface area contributed by atoms with Crippen LogP contribution < -0.4 is 11.4 Å². The third-order valence-electron chi connectivity index (χ3n) is 5.77. The summed E-state index contributed by atoms with van der Waals surface area (Å²) in [6.07, 6.45) is 0. The molecule has 6 nitrogen and oxygen atoms in total. The number of nitrogens with two attached hydrogens (primary N) is 1. The number of hydrogen-bond acceptors (Lipinski definition) is 6. The third kappa shape index (κ3) is 6.46. The second kappa shape index (κ2) is 11.5. The van der Waals surface area contributed by atoms with Crippen molar-refractivity contribution in [2.75, 3.05) is 26.2 Å². The molecule has 1 aliphatic heterocycles. The number of hydroxylamine groups is 1. The van der Waals surface area contributed by atoms with Crippen LogP contribution in [0.1, 0.15) is 35.6 Å². The molecule has 0 radical (unpaired) electrons. The van der Waals surface area contributed by atoms with Gasteiger partial charge >= 0.3 is 0 Å². The average molecular weight is 465 g/mol. The van der Waals surface area contributed by atoms with Crippen molar-refractivity contribution in [3.8, 4) is 11.8 Å². The van der Waals surface area contributed by atoms with Crippen molar-refractivity contribution in [3.05, 3.63) is 94.4 Å². The summed E-state index contributed by atoms with van der Waals surface area (Å²) in [7, 11) is 0. The maximum absolute atomic E-state index is 6.14. The van der Waals surface area contributed by atoms with Crippen molar-refractivity contribution >= 4 is 11.6 Å². The summed E-state index contributed by atoms with van der Waals surface area (Å²) in [5.74, 6) is 12.5. The first kappa shape index (κ1) is 23.5. The Balaban J connectivity index is 1.38. The minimum Gasteiger partial charge on any atom is -0.451 e. The molecule has 0 saturated carbocycles. The Morgan fingerprint density at radius 3 is 2.39 bits per heavy atom. The highest BCUT2D eigenvalue weighted by atomic mass is 35.5. The van der Waals surface area contributed by atoms with Gasteiger partial charge in [0.15, 0.2) is 5.76 Å². The highest BCUT2D eigenvalue weighted by molar-refractivity contribution is 6.30. The quantitative estimate of drug-likeness (QED) is 0.407. The molecule has 1 saturated heterocycles. The molecule has 1 fully saturated rings. The molecule has 1 unspecified atom stereocenters. The van der Waals surface area contributed by atoms with Crippen molar-refractivity contribution in [1.29, 1.82) is 0 Å². The number of nitrogens with one attached hydrogen (secondary N) is 1. The Hall–Kier alpha value is -2.63. The van der Waals surface area contributed by atoms with Gasteiger partial charge in [0.05, 0.1) is 18.6 Å². The largest absolute Gasteiger partial charge is 0.451 e. The van der Waals surface area contributed by atoms with Gasteiger partial charge in [-0.05, 0) is 48.2 Å². The van der Waals surface area contributed by atoms with E-state index in [-0.39, 0.29) is 12.1 Å². The second-order valence-electron chi connectivity index (χ2n) is 8.17. The molecule has 1 aromatic heterocycles. The van der Waals surface area contributed by atoms with Gasteiger partial charge < -0.3 is 4.42 Å². The summed E-state index contributed by atoms with van der Waals surface area (Å²) in [6, 6.07) is 22.8. The molecule has 172 valence electrons. The van der Waals surface area contributed by atoms with Gasteiger partial charge in [-0.1, -0.05) is 60.0 Å². The van der Waals surface area contributed by atoms with Crippen LogP contribution in [0.3, 0.4) is 0 Å². The number of rotatable bonds is 7. The van der Waals surface area contributed by atoms with E-state index < -0.39 is 0 Å². The molecular weight excluding hydrogens is 436 g/mol. The van der Waals surface area contributed by atoms with Gasteiger partial charge in [-0.25, -0.2) is 4.94 Å². The first-order valence-corrected chi connectivity index (χ1v) is 11.5. The molecule has 2 atom stereocenters. The molecular formula is C26H29ClN4O2. The molecule has 2 aromatic carbocycles. The van der Waals surface area contributed by atoms with Gasteiger partial charge in [0.25, 0.3) is 0 Å². The Labute approximate surface area is 200 Å². The fourth-order valence-electron chi connectivity index (χ4n) is 4.14. The molecule has 0 spiro atoms. The Kier molecular flexibility index (Phi) is 8.19. The lowest BCUT2D eigenvalue weighted by Crippen LogP contribution is -2.47. The van der Waals surface area contributed by atoms with Crippen molar-refractivity contribution in [2.24, 2.45) is 5.90 Å². The molecule has 3 aromatic rings. The average Bonchev–Trinajstić information content (AvgIpc) is 3.28. The second-order valence-corrected chi connectivity index (χ2v) is 8.61. The van der Waals surface area contributed by atoms with Gasteiger partial charge in [-0.3, -0.25) is 9.80 Å². The first-order valence-electron chi connectivity index (χ1n) is 11.1. The van der Waals surface area contributed by atoms with Gasteiger partial charge in [-0.2, -0.15) is 11.4 Å². The Bertz CT molecular complexity index is 1070. The summed E-state index contributed by atoms with van der Waals surface area (Å²) >= 11 is 6.14. The first-order chi connectivity index (χ1) is 16.1. The molecule has 0 amide bonds. The van der Waals surface area contributed by atoms with E-state index in [1.54, 1.807) is 0 Å². The van der Waals surface area contributed by atoms with E-state index in [2.05, 4.69) is 74.5 Å². The summed E-state index contributed by atoms with van der Waals surface area (Å²) in [6.45, 7) is 6.50. The molecule has 3 N–H and O–H groups in total. The lowest BCUT2D eigenvalue weighted by molar-refractivity contribution is 0.0312. The zero-order chi connectivity index (χ0) is 23.0. The molecule has 0 bridgehead atoms. The Morgan fingerprint density at radius 1 is 1.00 bits per heavy atom. The molecule has 2 heterocycles. The summed E-state index contributed by atoms with van der Waals surface area (Å²) in [5.41, 5.74) is 5.13. The number of halogens is 1. The predicted octanol–water partition coefficient (Wildman–Crippen LogP) is 3.98. The van der Waals surface area contributed by atoms with Gasteiger partial charge in [0.2, 0.25) is 0 Å². The van der Waals surface area contributed by atoms with Crippen molar-refractivity contribution in [2.45, 2.75) is 25.6 Å². The summed E-state index contributed by atoms with van der Waals surface area (Å²) in [5, 5.41) is 0.760. The minimum atomic E-state index is -0.185. The van der Waals surface area contributed by atoms with Crippen molar-refractivity contribution < 1.29 is 9.36 Å². The topological polar surface area (TPSA) is 66.9 Å². The van der Waals surface area contributed by atoms with E-state index >= 15 is 0 Å². The normalized spacial score (nSPS) is 16.7. The van der Waals surface area contributed by atoms with Gasteiger partial charge in [0.1, 0.15) is 5.76 Å². The molecule has 7 heteroatoms. The molecule has 0 aliphatic carbocycles. The third-order valence-corrected chi connectivity index (χ3v) is 6.02. The van der Waals surface area contributed by atoms with Crippen LogP contribution in [0.4, 0.5) is 0 Å². The number of nitrogens with zero attached hydrogens (tertiary/aromatic N) is 2. The number of hydrogen-bond donors (Lipinski definition) is 2. The highest BCUT2D eigenvalue weighted by Gasteiger charge is 2.26.